The van der Waals surface area contributed by atoms with Crippen LogP contribution < -0.4 is 28.4 Å². The van der Waals surface area contributed by atoms with Crippen molar-refractivity contribution >= 4 is 11.9 Å². The van der Waals surface area contributed by atoms with Crippen molar-refractivity contribution in [2.75, 3.05) is 55.9 Å². The third-order valence-electron chi connectivity index (χ3n) is 11.7. The molecule has 0 unspecified atom stereocenters. The Balaban J connectivity index is 1.27. The van der Waals surface area contributed by atoms with Gasteiger partial charge in [-0.15, -0.1) is 0 Å². The summed E-state index contributed by atoms with van der Waals surface area (Å²) in [5, 5.41) is 0. The molecule has 6 aliphatic rings. The molecule has 2 aromatic rings. The summed E-state index contributed by atoms with van der Waals surface area (Å²) in [5.41, 5.74) is -0.372. The highest BCUT2D eigenvalue weighted by atomic mass is 16.9. The summed E-state index contributed by atoms with van der Waals surface area (Å²) < 4.78 is 110. The predicted octanol–water partition coefficient (Wildman–Crippen LogP) is 4.51. The highest BCUT2D eigenvalue weighted by Crippen LogP contribution is 2.55. The molecule has 354 valence electrons. The second-order valence-electron chi connectivity index (χ2n) is 17.7. The van der Waals surface area contributed by atoms with Gasteiger partial charge in [0, 0.05) is 11.1 Å². The lowest BCUT2D eigenvalue weighted by atomic mass is 9.91. The fourth-order valence-corrected chi connectivity index (χ4v) is 9.13. The number of carbonyl (C=O) groups excluding carboxylic acids is 2. The molecule has 0 radical (unpaired) electrons. The summed E-state index contributed by atoms with van der Waals surface area (Å²) in [6.07, 6.45) is -8.88. The van der Waals surface area contributed by atoms with Gasteiger partial charge in [-0.05, 0) is 67.5 Å². The summed E-state index contributed by atoms with van der Waals surface area (Å²) in [6.45, 7) is 14.3. The van der Waals surface area contributed by atoms with Crippen LogP contribution in [-0.4, -0.2) is 152 Å². The molecule has 0 amide bonds. The van der Waals surface area contributed by atoms with Crippen LogP contribution >= 0.6 is 0 Å². The van der Waals surface area contributed by atoms with Gasteiger partial charge < -0.3 is 85.3 Å². The Kier molecular flexibility index (Phi) is 12.2. The molecular formula is C44H58O20. The second kappa shape index (κ2) is 16.9. The molecule has 20 heteroatoms. The van der Waals surface area contributed by atoms with E-state index in [0.29, 0.717) is 0 Å². The van der Waals surface area contributed by atoms with Gasteiger partial charge in [0.15, 0.2) is 83.1 Å². The largest absolute Gasteiger partial charge is 0.493 e. The highest BCUT2D eigenvalue weighted by molar-refractivity contribution is 6.08. The Hall–Kier alpha value is -4.22. The fraction of sp³-hybridized carbons (Fsp3) is 0.682. The first-order chi connectivity index (χ1) is 30.2. The topological polar surface area (TPSA) is 200 Å². The van der Waals surface area contributed by atoms with Crippen LogP contribution in [0.5, 0.6) is 34.5 Å². The molecule has 0 bridgehead atoms. The quantitative estimate of drug-likeness (QED) is 0.254. The molecule has 0 aromatic heterocycles. The minimum atomic E-state index is -1.10. The Morgan fingerprint density at radius 3 is 1.12 bits per heavy atom. The van der Waals surface area contributed by atoms with Gasteiger partial charge in [-0.3, -0.25) is 0 Å². The highest BCUT2D eigenvalue weighted by Gasteiger charge is 2.62. The van der Waals surface area contributed by atoms with E-state index in [0.717, 1.165) is 0 Å². The lowest BCUT2D eigenvalue weighted by Crippen LogP contribution is -2.45. The van der Waals surface area contributed by atoms with Crippen LogP contribution in [0.3, 0.4) is 0 Å². The third-order valence-corrected chi connectivity index (χ3v) is 11.7. The molecule has 6 aliphatic heterocycles. The van der Waals surface area contributed by atoms with Gasteiger partial charge in [0.2, 0.25) is 11.5 Å². The molecule has 0 saturated carbocycles. The average molecular weight is 907 g/mol. The lowest BCUT2D eigenvalue weighted by Gasteiger charge is -2.30. The van der Waals surface area contributed by atoms with Crippen LogP contribution in [-0.2, 0) is 56.8 Å². The zero-order valence-corrected chi connectivity index (χ0v) is 38.5. The van der Waals surface area contributed by atoms with E-state index in [1.165, 1.54) is 54.8 Å². The van der Waals surface area contributed by atoms with E-state index in [-0.39, 0.29) is 70.0 Å². The van der Waals surface area contributed by atoms with Crippen molar-refractivity contribution in [3.8, 4) is 45.6 Å². The molecule has 8 rings (SSSR count). The van der Waals surface area contributed by atoms with Crippen molar-refractivity contribution in [1.82, 2.24) is 0 Å². The number of ether oxygens (including phenoxy) is 18. The van der Waals surface area contributed by atoms with Crippen LogP contribution in [0.2, 0.25) is 0 Å². The number of hydrogen-bond acceptors (Lipinski definition) is 20. The molecule has 10 atom stereocenters. The zero-order valence-electron chi connectivity index (χ0n) is 38.5. The van der Waals surface area contributed by atoms with Crippen LogP contribution in [0.4, 0.5) is 0 Å². The normalized spacial score (nSPS) is 32.7. The van der Waals surface area contributed by atoms with E-state index in [9.17, 15) is 0 Å². The van der Waals surface area contributed by atoms with Crippen molar-refractivity contribution in [2.45, 2.75) is 140 Å². The maximum atomic E-state index is 15.2. The molecule has 20 nitrogen and oxygen atoms in total. The first kappa shape index (κ1) is 46.3. The van der Waals surface area contributed by atoms with Gasteiger partial charge in [-0.25, -0.2) is 9.59 Å². The van der Waals surface area contributed by atoms with E-state index in [1.54, 1.807) is 55.4 Å². The number of fused-ring (bicyclic) bond motifs is 2. The van der Waals surface area contributed by atoms with Crippen molar-refractivity contribution in [3.63, 3.8) is 0 Å². The fourth-order valence-electron chi connectivity index (χ4n) is 9.13. The summed E-state index contributed by atoms with van der Waals surface area (Å²) >= 11 is 0. The number of methoxy groups -OCH3 is 6. The Morgan fingerprint density at radius 2 is 0.828 bits per heavy atom. The van der Waals surface area contributed by atoms with Crippen LogP contribution in [0.25, 0.3) is 11.1 Å². The molecule has 64 heavy (non-hydrogen) atoms. The van der Waals surface area contributed by atoms with Crippen molar-refractivity contribution in [3.05, 3.63) is 23.3 Å². The van der Waals surface area contributed by atoms with Crippen molar-refractivity contribution < 1.29 is 94.9 Å². The number of esters is 2. The smallest absolute Gasteiger partial charge is 0.339 e. The Labute approximate surface area is 370 Å². The van der Waals surface area contributed by atoms with Gasteiger partial charge in [0.1, 0.15) is 24.4 Å². The van der Waals surface area contributed by atoms with Gasteiger partial charge in [0.25, 0.3) is 0 Å². The number of benzene rings is 2. The Bertz CT molecular complexity index is 1970. The minimum Gasteiger partial charge on any atom is -0.493 e. The first-order valence-electron chi connectivity index (χ1n) is 20.9. The van der Waals surface area contributed by atoms with Crippen molar-refractivity contribution in [2.24, 2.45) is 0 Å². The maximum Gasteiger partial charge on any atom is 0.339 e. The molecule has 6 fully saturated rings. The van der Waals surface area contributed by atoms with Crippen molar-refractivity contribution in [1.29, 1.82) is 0 Å². The van der Waals surface area contributed by atoms with Gasteiger partial charge in [-0.2, -0.15) is 0 Å². The lowest BCUT2D eigenvalue weighted by molar-refractivity contribution is -0.232. The summed E-state index contributed by atoms with van der Waals surface area (Å²) in [5.74, 6) is -5.63. The molecule has 6 saturated heterocycles. The minimum absolute atomic E-state index is 0.0274. The van der Waals surface area contributed by atoms with Crippen LogP contribution in [0.15, 0.2) is 12.1 Å². The number of hydrogen-bond donors (Lipinski definition) is 0. The zero-order chi connectivity index (χ0) is 46.3. The van der Waals surface area contributed by atoms with Gasteiger partial charge in [0.05, 0.1) is 67.0 Å². The van der Waals surface area contributed by atoms with E-state index >= 15 is 9.59 Å². The monoisotopic (exact) mass is 906 g/mol. The molecule has 2 aromatic carbocycles. The SMILES string of the molecule is COc1cc(C(=O)O[C@@H]2[C@H]3OC(C)(C)O[C@H]3O[C@@H]2[C@H]2COC(C)(C)O2)c(-c2c(C(=O)O[C@@H]3[C@H]4OC(C)(C)O[C@H]4O[C@@H]3[C@H]3COC(C)(C)O3)cc(OC)c(OC)c2OC)c(OC)c1OC. The molecule has 0 spiro atoms. The third kappa shape index (κ3) is 8.30. The number of rotatable bonds is 13. The molecule has 0 N–H and O–H groups in total. The van der Waals surface area contributed by atoms with Gasteiger partial charge in [-0.1, -0.05) is 0 Å². The molecular weight excluding hydrogens is 848 g/mol. The van der Waals surface area contributed by atoms with Crippen LogP contribution in [0.1, 0.15) is 76.1 Å². The summed E-state index contributed by atoms with van der Waals surface area (Å²) in [4.78, 5) is 30.3. The van der Waals surface area contributed by atoms with E-state index in [4.69, 9.17) is 85.3 Å². The average Bonchev–Trinajstić information content (AvgIpc) is 4.07. The summed E-state index contributed by atoms with van der Waals surface area (Å²) in [7, 11) is 8.31. The van der Waals surface area contributed by atoms with E-state index < -0.39 is 96.5 Å². The molecule has 0 aliphatic carbocycles. The summed E-state index contributed by atoms with van der Waals surface area (Å²) in [6, 6.07) is 2.80. The predicted molar refractivity (Wildman–Crippen MR) is 217 cm³/mol. The Morgan fingerprint density at radius 1 is 0.469 bits per heavy atom. The number of carbonyl (C=O) groups is 2. The standard InChI is InChI=1S/C44H58O20/c1-41(2)53-17-23(59-41)29-33(35-39(57-29)63-43(5,6)61-35)55-37(45)19-15-21(47-9)27(49-11)31(51-13)25(19)26-20(16-22(48-10)28(50-12)32(26)52-14)38(46)56-34-30(24-18-54-42(3,4)60-24)58-40-36(34)62-44(7,8)64-40/h15-16,23-24,29-30,33-36,39-40H,17-18H2,1-14H3/t23-,24-,29-,30-,33+,34+,35-,36-,39-,40-/m1/s1. The first-order valence-corrected chi connectivity index (χ1v) is 20.9. The van der Waals surface area contributed by atoms with Gasteiger partial charge >= 0.3 is 11.9 Å². The van der Waals surface area contributed by atoms with E-state index in [1.807, 2.05) is 0 Å². The second-order valence-corrected chi connectivity index (χ2v) is 17.7. The van der Waals surface area contributed by atoms with Crippen LogP contribution in [0, 0.1) is 0 Å². The maximum absolute atomic E-state index is 15.2. The molecule has 6 heterocycles. The van der Waals surface area contributed by atoms with E-state index in [2.05, 4.69) is 0 Å².